The molecule has 5 nitrogen and oxygen atoms in total. The van der Waals surface area contributed by atoms with Gasteiger partial charge < -0.3 is 15.0 Å². The fourth-order valence-electron chi connectivity index (χ4n) is 3.80. The lowest BCUT2D eigenvalue weighted by Gasteiger charge is -2.25. The van der Waals surface area contributed by atoms with Crippen LogP contribution in [0.25, 0.3) is 0 Å². The van der Waals surface area contributed by atoms with Crippen molar-refractivity contribution in [1.29, 1.82) is 0 Å². The highest BCUT2D eigenvalue weighted by Gasteiger charge is 2.18. The molecule has 1 N–H and O–H groups in total. The van der Waals surface area contributed by atoms with Gasteiger partial charge in [-0.1, -0.05) is 82.1 Å². The van der Waals surface area contributed by atoms with Crippen LogP contribution in [0.5, 0.6) is 0 Å². The predicted molar refractivity (Wildman–Crippen MR) is 151 cm³/mol. The average Bonchev–Trinajstić information content (AvgIpc) is 2.88. The largest absolute Gasteiger partial charge is 0.462 e. The molecule has 0 atom stereocenters. The summed E-state index contributed by atoms with van der Waals surface area (Å²) in [5, 5.41) is 3.92. The molecule has 37 heavy (non-hydrogen) atoms. The summed E-state index contributed by atoms with van der Waals surface area (Å²) in [6, 6.07) is 23.0. The predicted octanol–water partition coefficient (Wildman–Crippen LogP) is 6.92. The van der Waals surface area contributed by atoms with Gasteiger partial charge >= 0.3 is 5.97 Å². The summed E-state index contributed by atoms with van der Waals surface area (Å²) in [5.74, 6) is -0.410. The van der Waals surface area contributed by atoms with E-state index in [4.69, 9.17) is 16.3 Å². The minimum absolute atomic E-state index is 0.0567. The van der Waals surface area contributed by atoms with E-state index in [1.54, 1.807) is 29.2 Å². The Morgan fingerprint density at radius 3 is 2.11 bits per heavy atom. The summed E-state index contributed by atoms with van der Waals surface area (Å²) >= 11 is 5.97. The van der Waals surface area contributed by atoms with Gasteiger partial charge in [0.05, 0.1) is 25.3 Å². The lowest BCUT2D eigenvalue weighted by molar-refractivity contribution is -0.118. The first-order valence-corrected chi connectivity index (χ1v) is 13.2. The normalized spacial score (nSPS) is 11.3. The summed E-state index contributed by atoms with van der Waals surface area (Å²) in [7, 11) is 0. The smallest absolute Gasteiger partial charge is 0.338 e. The van der Waals surface area contributed by atoms with Gasteiger partial charge in [-0.2, -0.15) is 0 Å². The Hall–Kier alpha value is -3.15. The van der Waals surface area contributed by atoms with Gasteiger partial charge in [-0.05, 0) is 64.9 Å². The van der Waals surface area contributed by atoms with Crippen LogP contribution in [0.2, 0.25) is 5.02 Å². The van der Waals surface area contributed by atoms with E-state index in [0.717, 1.165) is 29.7 Å². The third kappa shape index (κ3) is 8.73. The first-order chi connectivity index (χ1) is 17.7. The Kier molecular flexibility index (Phi) is 10.3. The Bertz CT molecular complexity index is 1150. The summed E-state index contributed by atoms with van der Waals surface area (Å²) in [5.41, 5.74) is 4.58. The van der Waals surface area contributed by atoms with Crippen molar-refractivity contribution in [1.82, 2.24) is 5.32 Å². The standard InChI is InChI=1S/C31H37ClN2O3/c1-5-6-19-37-30(36)25-11-17-28(18-12-25)34(22-24-7-13-26(14-8-24)31(2,3)4)29(35)21-33-20-23-9-15-27(32)16-10-23/h7-18,33H,5-6,19-22H2,1-4H3. The number of anilines is 1. The van der Waals surface area contributed by atoms with Crippen molar-refractivity contribution < 1.29 is 14.3 Å². The average molecular weight is 521 g/mol. The number of hydrogen-bond donors (Lipinski definition) is 1. The van der Waals surface area contributed by atoms with E-state index in [9.17, 15) is 9.59 Å². The minimum Gasteiger partial charge on any atom is -0.462 e. The van der Waals surface area contributed by atoms with Crippen LogP contribution >= 0.6 is 11.6 Å². The van der Waals surface area contributed by atoms with Crippen molar-refractivity contribution >= 4 is 29.2 Å². The SMILES string of the molecule is CCCCOC(=O)c1ccc(N(Cc2ccc(C(C)(C)C)cc2)C(=O)CNCc2ccc(Cl)cc2)cc1. The second kappa shape index (κ2) is 13.4. The summed E-state index contributed by atoms with van der Waals surface area (Å²) in [6.07, 6.45) is 1.80. The molecule has 0 fully saturated rings. The number of amides is 1. The second-order valence-electron chi connectivity index (χ2n) is 10.2. The number of halogens is 1. The maximum atomic E-state index is 13.4. The third-order valence-electron chi connectivity index (χ3n) is 6.13. The number of unbranched alkanes of at least 4 members (excludes halogenated alkanes) is 1. The van der Waals surface area contributed by atoms with E-state index >= 15 is 0 Å². The van der Waals surface area contributed by atoms with Crippen LogP contribution in [-0.4, -0.2) is 25.0 Å². The van der Waals surface area contributed by atoms with Gasteiger partial charge in [0, 0.05) is 17.3 Å². The highest BCUT2D eigenvalue weighted by molar-refractivity contribution is 6.30. The maximum absolute atomic E-state index is 13.4. The number of carbonyl (C=O) groups excluding carboxylic acids is 2. The minimum atomic E-state index is -0.347. The zero-order valence-corrected chi connectivity index (χ0v) is 23.0. The van der Waals surface area contributed by atoms with Gasteiger partial charge in [-0.15, -0.1) is 0 Å². The molecule has 0 aromatic heterocycles. The molecule has 0 aliphatic rings. The Morgan fingerprint density at radius 2 is 1.51 bits per heavy atom. The quantitative estimate of drug-likeness (QED) is 0.220. The van der Waals surface area contributed by atoms with Crippen molar-refractivity contribution in [3.63, 3.8) is 0 Å². The summed E-state index contributed by atoms with van der Waals surface area (Å²) in [6.45, 7) is 10.1. The second-order valence-corrected chi connectivity index (χ2v) is 10.6. The summed E-state index contributed by atoms with van der Waals surface area (Å²) in [4.78, 5) is 27.4. The zero-order chi connectivity index (χ0) is 26.8. The first-order valence-electron chi connectivity index (χ1n) is 12.8. The van der Waals surface area contributed by atoms with E-state index in [2.05, 4.69) is 57.3 Å². The number of carbonyl (C=O) groups is 2. The van der Waals surface area contributed by atoms with Crippen LogP contribution in [0.1, 0.15) is 67.6 Å². The van der Waals surface area contributed by atoms with Gasteiger partial charge in [-0.3, -0.25) is 4.79 Å². The molecule has 3 rings (SSSR count). The van der Waals surface area contributed by atoms with E-state index in [0.29, 0.717) is 30.3 Å². The molecule has 3 aromatic carbocycles. The molecule has 6 heteroatoms. The number of nitrogens with one attached hydrogen (secondary N) is 1. The molecular formula is C31H37ClN2O3. The molecule has 0 unspecified atom stereocenters. The number of rotatable bonds is 11. The Balaban J connectivity index is 1.74. The molecule has 0 bridgehead atoms. The lowest BCUT2D eigenvalue weighted by atomic mass is 9.87. The zero-order valence-electron chi connectivity index (χ0n) is 22.2. The van der Waals surface area contributed by atoms with Crippen LogP contribution in [0.15, 0.2) is 72.8 Å². The van der Waals surface area contributed by atoms with E-state index in [1.165, 1.54) is 5.56 Å². The Morgan fingerprint density at radius 1 is 0.892 bits per heavy atom. The fraction of sp³-hybridized carbons (Fsp3) is 0.355. The van der Waals surface area contributed by atoms with Gasteiger partial charge in [0.2, 0.25) is 5.91 Å². The molecule has 0 saturated heterocycles. The van der Waals surface area contributed by atoms with E-state index < -0.39 is 0 Å². The monoisotopic (exact) mass is 520 g/mol. The molecule has 1 amide bonds. The van der Waals surface area contributed by atoms with Gasteiger partial charge in [-0.25, -0.2) is 4.79 Å². The number of ether oxygens (including phenoxy) is 1. The molecule has 0 heterocycles. The van der Waals surface area contributed by atoms with Crippen molar-refractivity contribution in [3.8, 4) is 0 Å². The highest BCUT2D eigenvalue weighted by atomic mass is 35.5. The molecule has 0 saturated carbocycles. The topological polar surface area (TPSA) is 58.6 Å². The van der Waals surface area contributed by atoms with Crippen molar-refractivity contribution in [2.45, 2.75) is 59.0 Å². The van der Waals surface area contributed by atoms with Crippen molar-refractivity contribution in [2.24, 2.45) is 0 Å². The third-order valence-corrected chi connectivity index (χ3v) is 6.38. The number of benzene rings is 3. The van der Waals surface area contributed by atoms with E-state index in [1.807, 2.05) is 24.3 Å². The van der Waals surface area contributed by atoms with Gasteiger partial charge in [0.1, 0.15) is 0 Å². The molecule has 0 aliphatic heterocycles. The molecule has 0 aliphatic carbocycles. The number of nitrogens with zero attached hydrogens (tertiary/aromatic N) is 1. The van der Waals surface area contributed by atoms with Gasteiger partial charge in [0.25, 0.3) is 0 Å². The summed E-state index contributed by atoms with van der Waals surface area (Å²) < 4.78 is 5.32. The maximum Gasteiger partial charge on any atom is 0.338 e. The van der Waals surface area contributed by atoms with Crippen LogP contribution < -0.4 is 10.2 Å². The van der Waals surface area contributed by atoms with Crippen LogP contribution in [0.3, 0.4) is 0 Å². The van der Waals surface area contributed by atoms with Crippen LogP contribution in [-0.2, 0) is 28.0 Å². The molecule has 196 valence electrons. The van der Waals surface area contributed by atoms with Crippen LogP contribution in [0.4, 0.5) is 5.69 Å². The van der Waals surface area contributed by atoms with Crippen molar-refractivity contribution in [3.05, 3.63) is 100 Å². The molecular weight excluding hydrogens is 484 g/mol. The fourth-order valence-corrected chi connectivity index (χ4v) is 3.92. The molecule has 0 spiro atoms. The first kappa shape index (κ1) is 28.4. The van der Waals surface area contributed by atoms with E-state index in [-0.39, 0.29) is 23.8 Å². The number of esters is 1. The number of hydrogen-bond acceptors (Lipinski definition) is 4. The lowest BCUT2D eigenvalue weighted by Crippen LogP contribution is -2.37. The van der Waals surface area contributed by atoms with Crippen LogP contribution in [0, 0.1) is 0 Å². The van der Waals surface area contributed by atoms with Crippen molar-refractivity contribution in [2.75, 3.05) is 18.1 Å². The van der Waals surface area contributed by atoms with Gasteiger partial charge in [0.15, 0.2) is 0 Å². The molecule has 3 aromatic rings. The molecule has 0 radical (unpaired) electrons. The highest BCUT2D eigenvalue weighted by Crippen LogP contribution is 2.24. The Labute approximate surface area is 225 Å².